The normalized spacial score (nSPS) is 14.2. The van der Waals surface area contributed by atoms with Gasteiger partial charge in [-0.15, -0.1) is 0 Å². The van der Waals surface area contributed by atoms with Gasteiger partial charge in [0.25, 0.3) is 23.6 Å². The van der Waals surface area contributed by atoms with Crippen molar-refractivity contribution in [3.63, 3.8) is 0 Å². The van der Waals surface area contributed by atoms with Crippen molar-refractivity contribution < 1.29 is 19.2 Å². The van der Waals surface area contributed by atoms with E-state index in [4.69, 9.17) is 0 Å². The van der Waals surface area contributed by atoms with Gasteiger partial charge in [0, 0.05) is 0 Å². The Labute approximate surface area is 236 Å². The summed E-state index contributed by atoms with van der Waals surface area (Å²) in [6.07, 6.45) is 4.65. The maximum atomic E-state index is 13.3. The molecule has 0 bridgehead atoms. The predicted octanol–water partition coefficient (Wildman–Crippen LogP) is 7.56. The Morgan fingerprint density at radius 3 is 1.70 bits per heavy atom. The molecule has 0 atom stereocenters. The molecule has 1 N–H and O–H groups in total. The van der Waals surface area contributed by atoms with Crippen molar-refractivity contribution in [2.75, 3.05) is 4.90 Å². The zero-order valence-electron chi connectivity index (χ0n) is 24.3. The Morgan fingerprint density at radius 1 is 0.675 bits per heavy atom. The summed E-state index contributed by atoms with van der Waals surface area (Å²) in [6, 6.07) is 17.7. The van der Waals surface area contributed by atoms with Crippen LogP contribution in [-0.4, -0.2) is 23.6 Å². The first kappa shape index (κ1) is 28.9. The second-order valence-electron chi connectivity index (χ2n) is 11.0. The zero-order chi connectivity index (χ0) is 29.2. The first-order valence-corrected chi connectivity index (χ1v) is 14.2. The summed E-state index contributed by atoms with van der Waals surface area (Å²) >= 11 is 0. The highest BCUT2D eigenvalue weighted by atomic mass is 16.2. The van der Waals surface area contributed by atoms with Crippen LogP contribution in [0.25, 0.3) is 11.1 Å². The maximum Gasteiger partial charge on any atom is 0.266 e. The monoisotopic (exact) mass is 538 g/mol. The van der Waals surface area contributed by atoms with Crippen LogP contribution in [-0.2, 0) is 5.41 Å². The largest absolute Gasteiger partial charge is 0.288 e. The molecule has 4 amide bonds. The van der Waals surface area contributed by atoms with Gasteiger partial charge in [0.05, 0.1) is 27.9 Å². The summed E-state index contributed by atoms with van der Waals surface area (Å²) in [5.41, 5.74) is 4.45. The Morgan fingerprint density at radius 2 is 1.18 bits per heavy atom. The average molecular weight is 539 g/mol. The van der Waals surface area contributed by atoms with Crippen LogP contribution < -0.4 is 10.2 Å². The van der Waals surface area contributed by atoms with Crippen LogP contribution in [0.3, 0.4) is 0 Å². The number of anilines is 1. The van der Waals surface area contributed by atoms with Gasteiger partial charge in [-0.2, -0.15) is 0 Å². The molecule has 6 heteroatoms. The molecule has 6 nitrogen and oxygen atoms in total. The van der Waals surface area contributed by atoms with Gasteiger partial charge >= 0.3 is 0 Å². The van der Waals surface area contributed by atoms with Gasteiger partial charge in [-0.25, -0.2) is 4.90 Å². The van der Waals surface area contributed by atoms with E-state index in [1.165, 1.54) is 23.3 Å². The minimum atomic E-state index is -0.439. The molecular formula is C34H38N2O4. The minimum absolute atomic E-state index is 0.0484. The molecule has 0 radical (unpaired) electrons. The van der Waals surface area contributed by atoms with Gasteiger partial charge in [0.15, 0.2) is 0 Å². The van der Waals surface area contributed by atoms with Gasteiger partial charge in [-0.3, -0.25) is 24.5 Å². The number of fused-ring (bicyclic) bond motifs is 2. The van der Waals surface area contributed by atoms with E-state index in [1.807, 2.05) is 24.3 Å². The smallest absolute Gasteiger partial charge is 0.266 e. The van der Waals surface area contributed by atoms with E-state index in [0.717, 1.165) is 18.8 Å². The number of nitrogens with one attached hydrogen (secondary N) is 1. The Balaban J connectivity index is 0.000000557. The highest BCUT2D eigenvalue weighted by Gasteiger charge is 2.37. The van der Waals surface area contributed by atoms with E-state index in [-0.39, 0.29) is 17.2 Å². The standard InChI is InChI=1S/C28H24N2O4.C6H14/c1-4-28(3,5-2)18-8-10-19(11-9-18)30-26(33)21-13-7-17(15-23(21)27(30)34)16-6-12-20-22(14-16)25(32)29-24(20)31;1-4-6(3)5-2/h6-15H,4-5H2,1-3H3,(H,29,31,32);6H,4-5H2,1-3H3. The maximum absolute atomic E-state index is 13.3. The van der Waals surface area contributed by atoms with Crippen molar-refractivity contribution in [2.45, 2.75) is 72.6 Å². The summed E-state index contributed by atoms with van der Waals surface area (Å²) in [6.45, 7) is 13.3. The van der Waals surface area contributed by atoms with E-state index in [0.29, 0.717) is 39.1 Å². The molecule has 208 valence electrons. The van der Waals surface area contributed by atoms with Crippen LogP contribution >= 0.6 is 0 Å². The van der Waals surface area contributed by atoms with Gasteiger partial charge in [0.1, 0.15) is 0 Å². The molecular weight excluding hydrogens is 500 g/mol. The molecule has 3 aromatic carbocycles. The predicted molar refractivity (Wildman–Crippen MR) is 159 cm³/mol. The van der Waals surface area contributed by atoms with Crippen molar-refractivity contribution in [3.05, 3.63) is 88.5 Å². The van der Waals surface area contributed by atoms with Gasteiger partial charge in [-0.1, -0.05) is 78.6 Å². The lowest BCUT2D eigenvalue weighted by Crippen LogP contribution is -2.29. The van der Waals surface area contributed by atoms with Crippen LogP contribution in [0, 0.1) is 5.92 Å². The van der Waals surface area contributed by atoms with E-state index < -0.39 is 11.8 Å². The first-order chi connectivity index (χ1) is 19.1. The van der Waals surface area contributed by atoms with Crippen molar-refractivity contribution in [2.24, 2.45) is 5.92 Å². The Hall–Kier alpha value is -4.06. The number of hydrogen-bond donors (Lipinski definition) is 1. The van der Waals surface area contributed by atoms with Crippen LogP contribution in [0.1, 0.15) is 114 Å². The molecule has 2 aliphatic heterocycles. The van der Waals surface area contributed by atoms with E-state index in [2.05, 4.69) is 46.9 Å². The molecule has 0 aromatic heterocycles. The quantitative estimate of drug-likeness (QED) is 0.315. The lowest BCUT2D eigenvalue weighted by molar-refractivity contribution is 0.0874. The molecule has 0 saturated heterocycles. The minimum Gasteiger partial charge on any atom is -0.288 e. The molecule has 0 unspecified atom stereocenters. The van der Waals surface area contributed by atoms with E-state index in [9.17, 15) is 19.2 Å². The summed E-state index contributed by atoms with van der Waals surface area (Å²) in [7, 11) is 0. The molecule has 5 rings (SSSR count). The average Bonchev–Trinajstić information content (AvgIpc) is 3.42. The molecule has 2 aliphatic rings. The van der Waals surface area contributed by atoms with Crippen LogP contribution in [0.2, 0.25) is 0 Å². The SMILES string of the molecule is CCC(C)(CC)c1ccc(N2C(=O)c3ccc(-c4ccc5c(c4)C(=O)NC5=O)cc3C2=O)cc1.CCC(C)CC. The summed E-state index contributed by atoms with van der Waals surface area (Å²) in [5.74, 6) is -0.651. The second-order valence-corrected chi connectivity index (χ2v) is 11.0. The van der Waals surface area contributed by atoms with Crippen molar-refractivity contribution in [3.8, 4) is 11.1 Å². The van der Waals surface area contributed by atoms with Crippen LogP contribution in [0.5, 0.6) is 0 Å². The number of carbonyl (C=O) groups excluding carboxylic acids is 4. The number of rotatable bonds is 7. The number of hydrogen-bond acceptors (Lipinski definition) is 4. The lowest BCUT2D eigenvalue weighted by Gasteiger charge is -2.28. The number of carbonyl (C=O) groups is 4. The third kappa shape index (κ3) is 5.23. The lowest BCUT2D eigenvalue weighted by atomic mass is 9.78. The topological polar surface area (TPSA) is 83.6 Å². The third-order valence-electron chi connectivity index (χ3n) is 8.73. The summed E-state index contributed by atoms with van der Waals surface area (Å²) < 4.78 is 0. The Bertz CT molecular complexity index is 1460. The van der Waals surface area contributed by atoms with E-state index in [1.54, 1.807) is 36.4 Å². The highest BCUT2D eigenvalue weighted by molar-refractivity contribution is 6.34. The number of benzene rings is 3. The molecule has 2 heterocycles. The number of nitrogens with zero attached hydrogens (tertiary/aromatic N) is 1. The molecule has 3 aromatic rings. The molecule has 40 heavy (non-hydrogen) atoms. The van der Waals surface area contributed by atoms with Crippen molar-refractivity contribution >= 4 is 29.3 Å². The third-order valence-corrected chi connectivity index (χ3v) is 8.73. The Kier molecular flexibility index (Phi) is 8.38. The zero-order valence-corrected chi connectivity index (χ0v) is 24.3. The number of amides is 4. The van der Waals surface area contributed by atoms with Gasteiger partial charge < -0.3 is 0 Å². The molecule has 0 aliphatic carbocycles. The molecule has 0 saturated carbocycles. The fourth-order valence-corrected chi connectivity index (χ4v) is 4.96. The highest BCUT2D eigenvalue weighted by Crippen LogP contribution is 2.35. The van der Waals surface area contributed by atoms with Crippen LogP contribution in [0.4, 0.5) is 5.69 Å². The fraction of sp³-hybridized carbons (Fsp3) is 0.353. The second kappa shape index (κ2) is 11.6. The molecule has 0 spiro atoms. The van der Waals surface area contributed by atoms with Crippen molar-refractivity contribution in [1.29, 1.82) is 0 Å². The van der Waals surface area contributed by atoms with E-state index >= 15 is 0 Å². The number of imide groups is 2. The van der Waals surface area contributed by atoms with Gasteiger partial charge in [-0.05, 0) is 77.3 Å². The summed E-state index contributed by atoms with van der Waals surface area (Å²) in [4.78, 5) is 51.4. The van der Waals surface area contributed by atoms with Crippen molar-refractivity contribution in [1.82, 2.24) is 5.32 Å². The molecule has 0 fully saturated rings. The first-order valence-electron chi connectivity index (χ1n) is 14.2. The van der Waals surface area contributed by atoms with Crippen LogP contribution in [0.15, 0.2) is 60.7 Å². The van der Waals surface area contributed by atoms with Gasteiger partial charge in [0.2, 0.25) is 0 Å². The fourth-order valence-electron chi connectivity index (χ4n) is 4.96. The summed E-state index contributed by atoms with van der Waals surface area (Å²) in [5, 5.41) is 2.28.